The summed E-state index contributed by atoms with van der Waals surface area (Å²) in [6, 6.07) is 5.11. The molecular formula is C50H66Cl3FN18O10. The number of likely N-dealkylation sites (tertiary alicyclic amines) is 3. The van der Waals surface area contributed by atoms with Crippen molar-refractivity contribution in [1.29, 1.82) is 0 Å². The summed E-state index contributed by atoms with van der Waals surface area (Å²) >= 11 is 16.3. The molecule has 5 N–H and O–H groups in total. The van der Waals surface area contributed by atoms with E-state index in [2.05, 4.69) is 61.9 Å². The molecule has 0 radical (unpaired) electrons. The topological polar surface area (TPSA) is 338 Å². The fourth-order valence-corrected chi connectivity index (χ4v) is 9.15. The summed E-state index contributed by atoms with van der Waals surface area (Å²) < 4.78 is 27.4. The number of amides is 3. The number of rotatable bonds is 11. The first-order valence-corrected chi connectivity index (χ1v) is 27.1. The van der Waals surface area contributed by atoms with Gasteiger partial charge in [-0.25, -0.2) is 33.9 Å². The van der Waals surface area contributed by atoms with Crippen LogP contribution < -0.4 is 21.3 Å². The molecule has 28 nitrogen and oxygen atoms in total. The number of β-amino-alcohol motifs (C(OH)–C–C–N with tert-alkyl or cyclic N) is 1. The van der Waals surface area contributed by atoms with E-state index in [1.54, 1.807) is 54.1 Å². The van der Waals surface area contributed by atoms with E-state index in [4.69, 9.17) is 55.1 Å². The van der Waals surface area contributed by atoms with E-state index in [1.165, 1.54) is 12.1 Å². The molecule has 5 aromatic rings. The van der Waals surface area contributed by atoms with Crippen molar-refractivity contribution in [3.05, 3.63) is 97.5 Å². The fraction of sp³-hybridized carbons (Fsp3) is 0.520. The predicted molar refractivity (Wildman–Crippen MR) is 304 cm³/mol. The minimum Gasteiger partial charge on any atom is -0.444 e. The van der Waals surface area contributed by atoms with Crippen LogP contribution in [-0.2, 0) is 14.3 Å². The van der Waals surface area contributed by atoms with Gasteiger partial charge in [0.15, 0.2) is 5.65 Å². The third-order valence-corrected chi connectivity index (χ3v) is 13.2. The van der Waals surface area contributed by atoms with Crippen LogP contribution in [0.3, 0.4) is 0 Å². The summed E-state index contributed by atoms with van der Waals surface area (Å²) in [5, 5.41) is 35.7. The van der Waals surface area contributed by atoms with Crippen molar-refractivity contribution in [2.45, 2.75) is 90.1 Å². The maximum absolute atomic E-state index is 15.0. The Morgan fingerprint density at radius 3 is 1.99 bits per heavy atom. The summed E-state index contributed by atoms with van der Waals surface area (Å²) in [4.78, 5) is 92.1. The van der Waals surface area contributed by atoms with E-state index in [9.17, 15) is 39.0 Å². The number of imidazole rings is 1. The number of aliphatic hydroxyl groups is 1. The summed E-state index contributed by atoms with van der Waals surface area (Å²) in [5.74, 6) is -0.140. The highest BCUT2D eigenvalue weighted by Gasteiger charge is 2.33. The van der Waals surface area contributed by atoms with Gasteiger partial charge in [0.1, 0.15) is 34.9 Å². The van der Waals surface area contributed by atoms with Gasteiger partial charge in [0, 0.05) is 89.8 Å². The molecular weight excluding hydrogens is 1140 g/mol. The van der Waals surface area contributed by atoms with Crippen molar-refractivity contribution >= 4 is 98.6 Å². The normalized spacial score (nSPS) is 18.1. The lowest BCUT2D eigenvalue weighted by Crippen LogP contribution is -2.47. The number of anilines is 4. The molecule has 3 unspecified atom stereocenters. The monoisotopic (exact) mass is 1200 g/mol. The van der Waals surface area contributed by atoms with Crippen molar-refractivity contribution in [2.24, 2.45) is 5.73 Å². The number of nitrogens with one attached hydrogen (secondary N) is 2. The second kappa shape index (κ2) is 28.5. The Labute approximate surface area is 486 Å². The number of carbonyl (C=O) groups is 3. The Kier molecular flexibility index (Phi) is 22.2. The van der Waals surface area contributed by atoms with Crippen LogP contribution in [0.2, 0.25) is 15.7 Å². The quantitative estimate of drug-likeness (QED) is 0.0344. The average Bonchev–Trinajstić information content (AvgIpc) is 4.40. The zero-order chi connectivity index (χ0) is 60.1. The third kappa shape index (κ3) is 18.5. The molecule has 32 heteroatoms. The van der Waals surface area contributed by atoms with Crippen LogP contribution in [0, 0.1) is 26.0 Å². The fourth-order valence-electron chi connectivity index (χ4n) is 8.64. The van der Waals surface area contributed by atoms with Gasteiger partial charge in [0.2, 0.25) is 33.4 Å². The van der Waals surface area contributed by atoms with Crippen LogP contribution >= 0.6 is 34.8 Å². The number of carbonyl (C=O) groups excluding carboxylic acids is 3. The van der Waals surface area contributed by atoms with Gasteiger partial charge in [-0.05, 0) is 108 Å². The lowest BCUT2D eigenvalue weighted by atomic mass is 10.2. The average molecular weight is 1200 g/mol. The molecule has 4 saturated heterocycles. The number of piperazine rings is 1. The van der Waals surface area contributed by atoms with Gasteiger partial charge in [-0.1, -0.05) is 18.2 Å². The zero-order valence-electron chi connectivity index (χ0n) is 46.1. The minimum atomic E-state index is -0.682. The number of benzene rings is 1. The SMILES string of the molecule is C=CC(=O)N1CCC(n2cnc3cnc(Nc4ccc(N5CCN(CCO)CC5)cc4F)nc32)C1.CC(C)(C)OC(=O)N1CCC(N)C1.CC(C)(C)OC(=O)N1CCC(Nc2nc(Cl)ncc2[N+](=O)[O-])C1.O=[N+]([O-])c1cnc(Cl)nc1Cl. The van der Waals surface area contributed by atoms with Crippen molar-refractivity contribution in [3.8, 4) is 0 Å². The first kappa shape index (κ1) is 63.7. The molecule has 0 aliphatic carbocycles. The number of ether oxygens (including phenoxy) is 2. The number of halogens is 4. The van der Waals surface area contributed by atoms with Crippen molar-refractivity contribution in [3.63, 3.8) is 0 Å². The summed E-state index contributed by atoms with van der Waals surface area (Å²) in [7, 11) is 0. The van der Waals surface area contributed by atoms with Gasteiger partial charge in [0.25, 0.3) is 0 Å². The smallest absolute Gasteiger partial charge is 0.410 e. The molecule has 4 fully saturated rings. The van der Waals surface area contributed by atoms with E-state index in [1.807, 2.05) is 31.4 Å². The maximum Gasteiger partial charge on any atom is 0.410 e. The van der Waals surface area contributed by atoms with Gasteiger partial charge >= 0.3 is 23.6 Å². The van der Waals surface area contributed by atoms with Crippen molar-refractivity contribution in [2.75, 3.05) is 94.1 Å². The van der Waals surface area contributed by atoms with Gasteiger partial charge in [-0.3, -0.25) is 29.9 Å². The molecule has 4 aliphatic rings. The van der Waals surface area contributed by atoms with Gasteiger partial charge < -0.3 is 55.1 Å². The Morgan fingerprint density at radius 1 is 0.805 bits per heavy atom. The number of nitro groups is 2. The first-order chi connectivity index (χ1) is 38.7. The van der Waals surface area contributed by atoms with Crippen LogP contribution in [0.5, 0.6) is 0 Å². The molecule has 8 heterocycles. The van der Waals surface area contributed by atoms with Crippen LogP contribution in [0.4, 0.5) is 48.5 Å². The Morgan fingerprint density at radius 2 is 1.41 bits per heavy atom. The molecule has 3 amide bonds. The largest absolute Gasteiger partial charge is 0.444 e. The van der Waals surface area contributed by atoms with E-state index in [-0.39, 0.29) is 81.4 Å². The Bertz CT molecular complexity index is 3070. The standard InChI is InChI=1S/C24H29FN8O2.C13H18ClN5O4.C9H18N2O2.C4HCl2N3O2/c1-2-22(35)32-6-5-18(15-32)33-16-27-21-14-26-24(29-23(21)33)28-20-4-3-17(13-19(20)25)31-9-7-30(8-10-31)11-12-34;1-13(2,3)23-12(20)18-5-4-8(7-18)16-10-9(19(21)22)6-15-11(14)17-10;1-9(2,3)13-8(12)11-5-4-7(10)6-11;5-3-2(9(10)11)1-7-4(6)8-3/h2-4,13-14,16,18,34H,1,5-12,15H2,(H,26,28,29);6,8H,4-5,7H2,1-3H3,(H,15,16,17);7H,4-6,10H2,1-3H3;1H. The summed E-state index contributed by atoms with van der Waals surface area (Å²) in [5.41, 5.74) is 6.48. The van der Waals surface area contributed by atoms with E-state index in [0.29, 0.717) is 62.5 Å². The van der Waals surface area contributed by atoms with Gasteiger partial charge in [-0.15, -0.1) is 0 Å². The number of aliphatic hydroxyl groups excluding tert-OH is 1. The molecule has 4 aliphatic heterocycles. The maximum atomic E-state index is 15.0. The molecule has 82 heavy (non-hydrogen) atoms. The van der Waals surface area contributed by atoms with Crippen LogP contribution in [0.1, 0.15) is 66.8 Å². The first-order valence-electron chi connectivity index (χ1n) is 25.9. The molecule has 0 spiro atoms. The second-order valence-electron chi connectivity index (χ2n) is 21.1. The molecule has 0 saturated carbocycles. The van der Waals surface area contributed by atoms with Crippen molar-refractivity contribution in [1.82, 2.24) is 59.1 Å². The lowest BCUT2D eigenvalue weighted by molar-refractivity contribution is -0.385. The molecule has 444 valence electrons. The number of fused-ring (bicyclic) bond motifs is 1. The molecule has 9 rings (SSSR count). The predicted octanol–water partition coefficient (Wildman–Crippen LogP) is 6.89. The molecule has 1 aromatic carbocycles. The number of hydrogen-bond acceptors (Lipinski definition) is 22. The highest BCUT2D eigenvalue weighted by molar-refractivity contribution is 6.33. The van der Waals surface area contributed by atoms with Crippen LogP contribution in [0.25, 0.3) is 11.2 Å². The van der Waals surface area contributed by atoms with Crippen LogP contribution in [-0.4, -0.2) is 194 Å². The Balaban J connectivity index is 0.000000196. The Hall–Kier alpha value is -7.44. The number of hydrogen-bond donors (Lipinski definition) is 4. The summed E-state index contributed by atoms with van der Waals surface area (Å²) in [6.45, 7) is 22.0. The van der Waals surface area contributed by atoms with Crippen molar-refractivity contribution < 1.29 is 43.2 Å². The van der Waals surface area contributed by atoms with E-state index in [0.717, 1.165) is 63.6 Å². The van der Waals surface area contributed by atoms with Gasteiger partial charge in [0.05, 0.1) is 40.7 Å². The summed E-state index contributed by atoms with van der Waals surface area (Å²) in [6.07, 6.45) is 8.30. The number of nitrogens with zero attached hydrogens (tertiary/aromatic N) is 15. The number of aromatic nitrogens is 8. The number of nitrogens with two attached hydrogens (primary N) is 1. The third-order valence-electron chi connectivity index (χ3n) is 12.6. The zero-order valence-corrected chi connectivity index (χ0v) is 48.4. The van der Waals surface area contributed by atoms with E-state index < -0.39 is 27.1 Å². The lowest BCUT2D eigenvalue weighted by Gasteiger charge is -2.35. The minimum absolute atomic E-state index is 0.0473. The molecule has 4 aromatic heterocycles. The highest BCUT2D eigenvalue weighted by Crippen LogP contribution is 2.30. The second-order valence-corrected chi connectivity index (χ2v) is 22.1. The molecule has 0 bridgehead atoms. The van der Waals surface area contributed by atoms with Gasteiger partial charge in [-0.2, -0.15) is 15.0 Å². The van der Waals surface area contributed by atoms with E-state index >= 15 is 0 Å². The molecule has 3 atom stereocenters. The van der Waals surface area contributed by atoms with Crippen LogP contribution in [0.15, 0.2) is 55.8 Å². The highest BCUT2D eigenvalue weighted by atomic mass is 35.5.